The molecule has 43 heavy (non-hydrogen) atoms. The highest BCUT2D eigenvalue weighted by Gasteiger charge is 2.33. The van der Waals surface area contributed by atoms with E-state index in [1.807, 2.05) is 0 Å². The lowest BCUT2D eigenvalue weighted by Gasteiger charge is -2.36. The molecule has 0 radical (unpaired) electrons. The van der Waals surface area contributed by atoms with Crippen LogP contribution in [-0.4, -0.2) is 10.3 Å². The molecule has 0 aliphatic carbocycles. The second-order valence-electron chi connectivity index (χ2n) is 13.4. The molecule has 6 rings (SSSR count). The van der Waals surface area contributed by atoms with Crippen molar-refractivity contribution in [3.8, 4) is 0 Å². The lowest BCUT2D eigenvalue weighted by atomic mass is 9.95. The van der Waals surface area contributed by atoms with Gasteiger partial charge in [-0.15, -0.1) is 0 Å². The molecule has 2 heteroatoms. The van der Waals surface area contributed by atoms with E-state index in [0.29, 0.717) is 0 Å². The molecule has 0 aliphatic heterocycles. The molecule has 2 unspecified atom stereocenters. The van der Waals surface area contributed by atoms with Gasteiger partial charge < -0.3 is 0 Å². The molecule has 0 heterocycles. The van der Waals surface area contributed by atoms with E-state index < -0.39 is 15.8 Å². The summed E-state index contributed by atoms with van der Waals surface area (Å²) in [6.45, 7) is 14.5. The van der Waals surface area contributed by atoms with Crippen molar-refractivity contribution in [2.45, 2.75) is 58.3 Å². The van der Waals surface area contributed by atoms with Crippen molar-refractivity contribution in [2.75, 3.05) is 0 Å². The minimum atomic E-state index is -0.611. The topological polar surface area (TPSA) is 0 Å². The average Bonchev–Trinajstić information content (AvgIpc) is 2.99. The molecule has 0 saturated heterocycles. The second kappa shape index (κ2) is 12.0. The third-order valence-electron chi connectivity index (χ3n) is 8.24. The van der Waals surface area contributed by atoms with E-state index in [-0.39, 0.29) is 10.3 Å². The Balaban J connectivity index is 1.66. The van der Waals surface area contributed by atoms with Crippen molar-refractivity contribution in [1.82, 2.24) is 0 Å². The summed E-state index contributed by atoms with van der Waals surface area (Å²) in [5.74, 6) is 0. The molecule has 216 valence electrons. The molecule has 0 spiro atoms. The van der Waals surface area contributed by atoms with Gasteiger partial charge in [-0.25, -0.2) is 0 Å². The fraction of sp³-hybridized carbons (Fsp3) is 0.220. The third-order valence-corrected chi connectivity index (χ3v) is 14.4. The smallest absolute Gasteiger partial charge is 0.0000528 e. The molecule has 0 aromatic heterocycles. The van der Waals surface area contributed by atoms with Crippen LogP contribution in [0.3, 0.4) is 0 Å². The average molecular weight is 597 g/mol. The standard InChI is InChI=1S/C41H42P2/c1-40(2,3)42(32-19-9-7-10-20-32)38-27-25-30-17-13-15-23-34(30)36(38)29-37-35-24-16-14-18-31(35)26-28-39(37)43(41(4,5)6)33-21-11-8-12-22-33/h7-28H,29H2,1-6H3. The summed E-state index contributed by atoms with van der Waals surface area (Å²) >= 11 is 0. The van der Waals surface area contributed by atoms with Crippen LogP contribution in [-0.2, 0) is 6.42 Å². The minimum absolute atomic E-state index is 0.109. The van der Waals surface area contributed by atoms with Crippen molar-refractivity contribution in [1.29, 1.82) is 0 Å². The van der Waals surface area contributed by atoms with Gasteiger partial charge in [0.2, 0.25) is 0 Å². The predicted molar refractivity (Wildman–Crippen MR) is 195 cm³/mol. The maximum Gasteiger partial charge on any atom is -0.0000528 e. The molecule has 2 atom stereocenters. The van der Waals surface area contributed by atoms with E-state index in [2.05, 4.69) is 175 Å². The highest BCUT2D eigenvalue weighted by Crippen LogP contribution is 2.51. The Morgan fingerprint density at radius 1 is 0.395 bits per heavy atom. The first-order valence-corrected chi connectivity index (χ1v) is 18.0. The zero-order valence-electron chi connectivity index (χ0n) is 26.3. The summed E-state index contributed by atoms with van der Waals surface area (Å²) in [6.07, 6.45) is 0.914. The van der Waals surface area contributed by atoms with Crippen LogP contribution in [0.2, 0.25) is 0 Å². The van der Waals surface area contributed by atoms with Crippen LogP contribution in [0.5, 0.6) is 0 Å². The van der Waals surface area contributed by atoms with E-state index in [0.717, 1.165) is 6.42 Å². The fourth-order valence-corrected chi connectivity index (χ4v) is 12.4. The second-order valence-corrected chi connectivity index (χ2v) is 19.5. The molecule has 6 aromatic rings. The third kappa shape index (κ3) is 6.07. The van der Waals surface area contributed by atoms with Gasteiger partial charge in [-0.1, -0.05) is 175 Å². The Kier molecular flexibility index (Phi) is 8.31. The van der Waals surface area contributed by atoms with Crippen LogP contribution in [0.15, 0.2) is 133 Å². The normalized spacial score (nSPS) is 13.7. The van der Waals surface area contributed by atoms with Gasteiger partial charge in [-0.3, -0.25) is 0 Å². The Morgan fingerprint density at radius 3 is 1.12 bits per heavy atom. The molecule has 0 aliphatic rings. The van der Waals surface area contributed by atoms with Gasteiger partial charge in [0.15, 0.2) is 0 Å². The van der Waals surface area contributed by atoms with Gasteiger partial charge in [-0.2, -0.15) is 0 Å². The summed E-state index contributed by atoms with van der Waals surface area (Å²) in [5.41, 5.74) is 2.97. The lowest BCUT2D eigenvalue weighted by Crippen LogP contribution is -2.30. The molecule has 0 saturated carbocycles. The number of rotatable bonds is 6. The SMILES string of the molecule is CC(C)(C)P(c1ccccc1)c1ccc2ccccc2c1Cc1c(P(c2ccccc2)C(C)(C)C)ccc2ccccc12. The van der Waals surface area contributed by atoms with Crippen molar-refractivity contribution in [3.63, 3.8) is 0 Å². The quantitative estimate of drug-likeness (QED) is 0.168. The summed E-state index contributed by atoms with van der Waals surface area (Å²) < 4.78 is 0. The molecule has 0 fully saturated rings. The summed E-state index contributed by atoms with van der Waals surface area (Å²) in [7, 11) is -1.22. The highest BCUT2D eigenvalue weighted by atomic mass is 31.1. The number of fused-ring (bicyclic) bond motifs is 2. The molecular weight excluding hydrogens is 554 g/mol. The highest BCUT2D eigenvalue weighted by molar-refractivity contribution is 7.74. The van der Waals surface area contributed by atoms with E-state index in [9.17, 15) is 0 Å². The van der Waals surface area contributed by atoms with Crippen LogP contribution in [0.4, 0.5) is 0 Å². The molecule has 0 nitrogen and oxygen atoms in total. The van der Waals surface area contributed by atoms with E-state index in [1.54, 1.807) is 0 Å². The largest absolute Gasteiger partial charge is 0.0622 e. The maximum atomic E-state index is 2.45. The van der Waals surface area contributed by atoms with Gasteiger partial charge in [0.05, 0.1) is 0 Å². The Morgan fingerprint density at radius 2 is 0.744 bits per heavy atom. The van der Waals surface area contributed by atoms with Gasteiger partial charge >= 0.3 is 0 Å². The number of hydrogen-bond donors (Lipinski definition) is 0. The Hall–Kier alpha value is -3.30. The van der Waals surface area contributed by atoms with Crippen molar-refractivity contribution < 1.29 is 0 Å². The molecular formula is C41H42P2. The van der Waals surface area contributed by atoms with E-state index in [1.165, 1.54) is 53.9 Å². The predicted octanol–water partition coefficient (Wildman–Crippen LogP) is 10.0. The zero-order chi connectivity index (χ0) is 30.2. The van der Waals surface area contributed by atoms with Crippen molar-refractivity contribution >= 4 is 58.6 Å². The first-order chi connectivity index (χ1) is 20.6. The van der Waals surface area contributed by atoms with Crippen molar-refractivity contribution in [2.24, 2.45) is 0 Å². The lowest BCUT2D eigenvalue weighted by molar-refractivity contribution is 0.793. The summed E-state index contributed by atoms with van der Waals surface area (Å²) in [5, 5.41) is 11.5. The van der Waals surface area contributed by atoms with Crippen LogP contribution < -0.4 is 21.2 Å². The van der Waals surface area contributed by atoms with Crippen LogP contribution >= 0.6 is 15.8 Å². The molecule has 6 aromatic carbocycles. The molecule has 0 bridgehead atoms. The van der Waals surface area contributed by atoms with Crippen LogP contribution in [0.1, 0.15) is 52.7 Å². The Labute approximate surface area is 260 Å². The van der Waals surface area contributed by atoms with Gasteiger partial charge in [0.25, 0.3) is 0 Å². The summed E-state index contributed by atoms with van der Waals surface area (Å²) in [4.78, 5) is 0. The number of benzene rings is 6. The monoisotopic (exact) mass is 596 g/mol. The maximum absolute atomic E-state index is 2.45. The molecule has 0 amide bonds. The van der Waals surface area contributed by atoms with Crippen LogP contribution in [0, 0.1) is 0 Å². The first-order valence-electron chi connectivity index (χ1n) is 15.3. The number of hydrogen-bond acceptors (Lipinski definition) is 0. The van der Waals surface area contributed by atoms with E-state index in [4.69, 9.17) is 0 Å². The first kappa shape index (κ1) is 29.8. The van der Waals surface area contributed by atoms with Gasteiger partial charge in [0.1, 0.15) is 0 Å². The van der Waals surface area contributed by atoms with Crippen molar-refractivity contribution in [3.05, 3.63) is 145 Å². The molecule has 0 N–H and O–H groups in total. The Bertz CT molecular complexity index is 1720. The summed E-state index contributed by atoms with van der Waals surface area (Å²) in [6, 6.07) is 50.1. The van der Waals surface area contributed by atoms with Gasteiger partial charge in [-0.05, 0) is 86.5 Å². The van der Waals surface area contributed by atoms with Crippen LogP contribution in [0.25, 0.3) is 21.5 Å². The fourth-order valence-electron chi connectivity index (χ4n) is 6.55. The van der Waals surface area contributed by atoms with Gasteiger partial charge in [0, 0.05) is 0 Å². The zero-order valence-corrected chi connectivity index (χ0v) is 28.1. The van der Waals surface area contributed by atoms with E-state index >= 15 is 0 Å². The minimum Gasteiger partial charge on any atom is -0.0622 e.